The Bertz CT molecular complexity index is 408. The Morgan fingerprint density at radius 3 is 2.59 bits per heavy atom. The minimum Gasteiger partial charge on any atom is -0.375 e. The molecule has 1 atom stereocenters. The highest BCUT2D eigenvalue weighted by atomic mass is 127. The summed E-state index contributed by atoms with van der Waals surface area (Å²) in [7, 11) is 3.64. The monoisotopic (exact) mass is 424 g/mol. The number of ether oxygens (including phenoxy) is 1. The minimum atomic E-state index is -0.341. The molecule has 6 nitrogen and oxygen atoms in total. The van der Waals surface area contributed by atoms with Crippen LogP contribution in [0.4, 0.5) is 0 Å². The molecule has 0 bridgehead atoms. The van der Waals surface area contributed by atoms with Gasteiger partial charge in [-0.1, -0.05) is 12.8 Å². The highest BCUT2D eigenvalue weighted by Gasteiger charge is 2.42. The predicted octanol–water partition coefficient (Wildman–Crippen LogP) is 1.29. The van der Waals surface area contributed by atoms with Crippen molar-refractivity contribution >= 4 is 35.8 Å². The summed E-state index contributed by atoms with van der Waals surface area (Å²) in [5.41, 5.74) is 5.78. The Hall–Kier alpha value is -0.570. The molecule has 2 rings (SSSR count). The van der Waals surface area contributed by atoms with Crippen LogP contribution in [0.15, 0.2) is 4.99 Å². The van der Waals surface area contributed by atoms with Gasteiger partial charge in [-0.3, -0.25) is 9.79 Å². The number of guanidine groups is 1. The first-order valence-electron chi connectivity index (χ1n) is 7.83. The largest absolute Gasteiger partial charge is 0.375 e. The smallest absolute Gasteiger partial charge is 0.230 e. The van der Waals surface area contributed by atoms with Crippen molar-refractivity contribution in [2.24, 2.45) is 16.1 Å². The number of amides is 1. The number of morpholine rings is 1. The summed E-state index contributed by atoms with van der Waals surface area (Å²) in [5, 5.41) is 0. The van der Waals surface area contributed by atoms with E-state index in [2.05, 4.69) is 9.89 Å². The molecule has 0 radical (unpaired) electrons. The maximum absolute atomic E-state index is 12.5. The summed E-state index contributed by atoms with van der Waals surface area (Å²) in [4.78, 5) is 20.8. The van der Waals surface area contributed by atoms with E-state index in [1.807, 2.05) is 21.0 Å². The van der Waals surface area contributed by atoms with Crippen LogP contribution in [0.25, 0.3) is 0 Å². The van der Waals surface area contributed by atoms with Gasteiger partial charge in [-0.15, -0.1) is 24.0 Å². The number of carbonyl (C=O) groups is 1. The van der Waals surface area contributed by atoms with Crippen LogP contribution in [-0.2, 0) is 9.53 Å². The molecule has 1 heterocycles. The van der Waals surface area contributed by atoms with Crippen molar-refractivity contribution in [3.8, 4) is 0 Å². The van der Waals surface area contributed by atoms with Crippen LogP contribution in [0.2, 0.25) is 0 Å². The van der Waals surface area contributed by atoms with E-state index in [0.29, 0.717) is 19.1 Å². The zero-order valence-corrected chi connectivity index (χ0v) is 16.2. The fourth-order valence-corrected chi connectivity index (χ4v) is 3.32. The van der Waals surface area contributed by atoms with E-state index >= 15 is 0 Å². The second-order valence-electron chi connectivity index (χ2n) is 6.49. The Labute approximate surface area is 150 Å². The Morgan fingerprint density at radius 1 is 1.41 bits per heavy atom. The van der Waals surface area contributed by atoms with E-state index in [-0.39, 0.29) is 41.4 Å². The van der Waals surface area contributed by atoms with Gasteiger partial charge in [-0.25, -0.2) is 0 Å². The van der Waals surface area contributed by atoms with Gasteiger partial charge in [0.1, 0.15) is 0 Å². The molecule has 1 saturated heterocycles. The van der Waals surface area contributed by atoms with Crippen LogP contribution in [0.1, 0.15) is 32.6 Å². The van der Waals surface area contributed by atoms with Gasteiger partial charge in [0.05, 0.1) is 24.7 Å². The molecular formula is C15H29IN4O2. The molecule has 2 aliphatic rings. The molecule has 0 aromatic carbocycles. The number of nitrogens with two attached hydrogens (primary N) is 1. The second kappa shape index (κ2) is 8.33. The van der Waals surface area contributed by atoms with Gasteiger partial charge in [0.15, 0.2) is 5.96 Å². The SMILES string of the molecule is CC1CN(C(N)=NCC2(C(=O)N(C)C)CCCC2)CCO1.I. The van der Waals surface area contributed by atoms with Crippen LogP contribution >= 0.6 is 24.0 Å². The molecule has 2 N–H and O–H groups in total. The lowest BCUT2D eigenvalue weighted by Gasteiger charge is -2.33. The average molecular weight is 424 g/mol. The maximum atomic E-state index is 12.5. The van der Waals surface area contributed by atoms with E-state index in [1.165, 1.54) is 0 Å². The third-order valence-electron chi connectivity index (χ3n) is 4.53. The Morgan fingerprint density at radius 2 is 2.05 bits per heavy atom. The van der Waals surface area contributed by atoms with Crippen molar-refractivity contribution < 1.29 is 9.53 Å². The molecule has 128 valence electrons. The molecular weight excluding hydrogens is 395 g/mol. The summed E-state index contributed by atoms with van der Waals surface area (Å²) < 4.78 is 5.51. The summed E-state index contributed by atoms with van der Waals surface area (Å²) in [6.45, 7) is 4.76. The van der Waals surface area contributed by atoms with Crippen LogP contribution < -0.4 is 5.73 Å². The zero-order chi connectivity index (χ0) is 15.5. The first-order valence-corrected chi connectivity index (χ1v) is 7.83. The van der Waals surface area contributed by atoms with Crippen LogP contribution in [0.5, 0.6) is 0 Å². The molecule has 0 aromatic rings. The van der Waals surface area contributed by atoms with Crippen LogP contribution in [0, 0.1) is 5.41 Å². The number of halogens is 1. The van der Waals surface area contributed by atoms with E-state index < -0.39 is 0 Å². The van der Waals surface area contributed by atoms with Crippen molar-refractivity contribution in [1.82, 2.24) is 9.80 Å². The average Bonchev–Trinajstić information content (AvgIpc) is 2.94. The van der Waals surface area contributed by atoms with Crippen molar-refractivity contribution in [1.29, 1.82) is 0 Å². The van der Waals surface area contributed by atoms with Crippen molar-refractivity contribution in [3.63, 3.8) is 0 Å². The fourth-order valence-electron chi connectivity index (χ4n) is 3.32. The van der Waals surface area contributed by atoms with Crippen molar-refractivity contribution in [2.45, 2.75) is 38.7 Å². The van der Waals surface area contributed by atoms with E-state index in [9.17, 15) is 4.79 Å². The third-order valence-corrected chi connectivity index (χ3v) is 4.53. The number of carbonyl (C=O) groups excluding carboxylic acids is 1. The van der Waals surface area contributed by atoms with Gasteiger partial charge in [-0.05, 0) is 19.8 Å². The highest BCUT2D eigenvalue weighted by molar-refractivity contribution is 14.0. The van der Waals surface area contributed by atoms with Gasteiger partial charge in [0.2, 0.25) is 5.91 Å². The van der Waals surface area contributed by atoms with Gasteiger partial charge in [-0.2, -0.15) is 0 Å². The summed E-state index contributed by atoms with van der Waals surface area (Å²) >= 11 is 0. The molecule has 7 heteroatoms. The summed E-state index contributed by atoms with van der Waals surface area (Å²) in [6, 6.07) is 0. The molecule has 1 aliphatic heterocycles. The Kier molecular flexibility index (Phi) is 7.37. The molecule has 2 fully saturated rings. The lowest BCUT2D eigenvalue weighted by Crippen LogP contribution is -2.48. The number of hydrogen-bond donors (Lipinski definition) is 1. The standard InChI is InChI=1S/C15H28N4O2.HI/c1-12-10-19(8-9-21-12)14(16)17-11-15(6-4-5-7-15)13(20)18(2)3;/h12H,4-11H2,1-3H3,(H2,16,17);1H. The van der Waals surface area contributed by atoms with Gasteiger partial charge in [0, 0.05) is 27.2 Å². The number of aliphatic imine (C=N–C) groups is 1. The third kappa shape index (κ3) is 4.47. The molecule has 1 saturated carbocycles. The summed E-state index contributed by atoms with van der Waals surface area (Å²) in [5.74, 6) is 0.731. The molecule has 1 unspecified atom stereocenters. The lowest BCUT2D eigenvalue weighted by atomic mass is 9.85. The van der Waals surface area contributed by atoms with Gasteiger partial charge >= 0.3 is 0 Å². The van der Waals surface area contributed by atoms with Crippen molar-refractivity contribution in [3.05, 3.63) is 0 Å². The van der Waals surface area contributed by atoms with Gasteiger partial charge in [0.25, 0.3) is 0 Å². The molecule has 1 amide bonds. The predicted molar refractivity (Wildman–Crippen MR) is 98.5 cm³/mol. The highest BCUT2D eigenvalue weighted by Crippen LogP contribution is 2.39. The van der Waals surface area contributed by atoms with Crippen LogP contribution in [-0.4, -0.2) is 68.1 Å². The number of rotatable bonds is 3. The topological polar surface area (TPSA) is 71.2 Å². The summed E-state index contributed by atoms with van der Waals surface area (Å²) in [6.07, 6.45) is 4.21. The molecule has 0 spiro atoms. The quantitative estimate of drug-likeness (QED) is 0.421. The van der Waals surface area contributed by atoms with E-state index in [4.69, 9.17) is 10.5 Å². The first-order chi connectivity index (χ1) is 9.94. The van der Waals surface area contributed by atoms with Crippen molar-refractivity contribution in [2.75, 3.05) is 40.3 Å². The van der Waals surface area contributed by atoms with Crippen LogP contribution in [0.3, 0.4) is 0 Å². The first kappa shape index (κ1) is 19.5. The van der Waals surface area contributed by atoms with Gasteiger partial charge < -0.3 is 20.3 Å². The molecule has 1 aliphatic carbocycles. The minimum absolute atomic E-state index is 0. The number of hydrogen-bond acceptors (Lipinski definition) is 3. The molecule has 0 aromatic heterocycles. The number of nitrogens with zero attached hydrogens (tertiary/aromatic N) is 3. The second-order valence-corrected chi connectivity index (χ2v) is 6.49. The van der Waals surface area contributed by atoms with E-state index in [1.54, 1.807) is 4.90 Å². The fraction of sp³-hybridized carbons (Fsp3) is 0.867. The molecule has 22 heavy (non-hydrogen) atoms. The lowest BCUT2D eigenvalue weighted by molar-refractivity contribution is -0.138. The normalized spacial score (nSPS) is 24.8. The maximum Gasteiger partial charge on any atom is 0.230 e. The Balaban J connectivity index is 0.00000242. The van der Waals surface area contributed by atoms with E-state index in [0.717, 1.165) is 38.8 Å². The zero-order valence-electron chi connectivity index (χ0n) is 13.9.